The number of rotatable bonds is 3. The molecule has 1 saturated heterocycles. The molecule has 100 valence electrons. The second kappa shape index (κ2) is 5.60. The Kier molecular flexibility index (Phi) is 4.11. The summed E-state index contributed by atoms with van der Waals surface area (Å²) in [5, 5.41) is 9.78. The van der Waals surface area contributed by atoms with Gasteiger partial charge in [0.25, 0.3) is 0 Å². The highest BCUT2D eigenvalue weighted by atomic mass is 19.2. The van der Waals surface area contributed by atoms with Gasteiger partial charge in [0, 0.05) is 37.0 Å². The second-order valence-corrected chi connectivity index (χ2v) is 4.18. The highest BCUT2D eigenvalue weighted by molar-refractivity contribution is 5.55. The highest BCUT2D eigenvalue weighted by Gasteiger charge is 2.21. The summed E-state index contributed by atoms with van der Waals surface area (Å²) in [5.74, 6) is -1.90. The van der Waals surface area contributed by atoms with Crippen molar-refractivity contribution >= 4 is 5.69 Å². The maximum absolute atomic E-state index is 13.3. The molecule has 1 atom stereocenters. The zero-order valence-electron chi connectivity index (χ0n) is 9.90. The number of hydrogen-bond donors (Lipinski definition) is 2. The van der Waals surface area contributed by atoms with Gasteiger partial charge in [-0.1, -0.05) is 0 Å². The molecule has 2 rings (SSSR count). The number of halogens is 2. The first-order valence-electron chi connectivity index (χ1n) is 5.83. The Bertz CT molecular complexity index is 423. The molecule has 0 aromatic heterocycles. The molecule has 1 aliphatic rings. The average Bonchev–Trinajstić information content (AvgIpc) is 2.41. The number of nitrogens with zero attached hydrogens (tertiary/aromatic N) is 1. The fraction of sp³-hybridized carbons (Fsp3) is 0.500. The second-order valence-electron chi connectivity index (χ2n) is 4.18. The monoisotopic (exact) mass is 258 g/mol. The molecular formula is C12H16F2N2O2. The quantitative estimate of drug-likeness (QED) is 0.841. The molecule has 0 spiro atoms. The summed E-state index contributed by atoms with van der Waals surface area (Å²) in [6, 6.07) is 2.12. The summed E-state index contributed by atoms with van der Waals surface area (Å²) in [6.45, 7) is 2.17. The molecule has 0 radical (unpaired) electrons. The molecule has 4 nitrogen and oxygen atoms in total. The molecule has 18 heavy (non-hydrogen) atoms. The number of aliphatic hydroxyl groups excluding tert-OH is 1. The molecule has 1 heterocycles. The third kappa shape index (κ3) is 2.60. The van der Waals surface area contributed by atoms with Gasteiger partial charge in [-0.25, -0.2) is 8.78 Å². The smallest absolute Gasteiger partial charge is 0.160 e. The lowest BCUT2D eigenvalue weighted by Gasteiger charge is -2.31. The minimum absolute atomic E-state index is 0.0393. The summed E-state index contributed by atoms with van der Waals surface area (Å²) in [7, 11) is 0. The van der Waals surface area contributed by atoms with Crippen molar-refractivity contribution in [3.8, 4) is 0 Å². The van der Waals surface area contributed by atoms with E-state index in [1.165, 1.54) is 0 Å². The summed E-state index contributed by atoms with van der Waals surface area (Å²) in [5.41, 5.74) is 6.18. The minimum Gasteiger partial charge on any atom is -0.387 e. The van der Waals surface area contributed by atoms with E-state index in [9.17, 15) is 13.9 Å². The summed E-state index contributed by atoms with van der Waals surface area (Å²) in [4.78, 5) is 1.86. The molecular weight excluding hydrogens is 242 g/mol. The van der Waals surface area contributed by atoms with Gasteiger partial charge in [-0.3, -0.25) is 0 Å². The van der Waals surface area contributed by atoms with Gasteiger partial charge >= 0.3 is 0 Å². The third-order valence-electron chi connectivity index (χ3n) is 3.00. The standard InChI is InChI=1S/C12H16F2N2O2/c13-9-5-8(12(17)7-15)11(6-10(9)14)16-1-3-18-4-2-16/h5-6,12,17H,1-4,7,15H2. The predicted octanol–water partition coefficient (Wildman–Crippen LogP) is 0.793. The summed E-state index contributed by atoms with van der Waals surface area (Å²) in [6.07, 6.45) is -1.00. The first kappa shape index (κ1) is 13.2. The fourth-order valence-corrected chi connectivity index (χ4v) is 2.02. The lowest BCUT2D eigenvalue weighted by atomic mass is 10.0. The van der Waals surface area contributed by atoms with Crippen molar-refractivity contribution in [3.63, 3.8) is 0 Å². The number of benzene rings is 1. The molecule has 1 aliphatic heterocycles. The Labute approximate surface area is 104 Å². The van der Waals surface area contributed by atoms with Crippen LogP contribution in [0, 0.1) is 11.6 Å². The lowest BCUT2D eigenvalue weighted by molar-refractivity contribution is 0.122. The Hall–Kier alpha value is -1.24. The van der Waals surface area contributed by atoms with Crippen LogP contribution < -0.4 is 10.6 Å². The lowest BCUT2D eigenvalue weighted by Crippen LogP contribution is -2.37. The van der Waals surface area contributed by atoms with Gasteiger partial charge in [0.1, 0.15) is 0 Å². The van der Waals surface area contributed by atoms with Crippen molar-refractivity contribution in [2.75, 3.05) is 37.7 Å². The topological polar surface area (TPSA) is 58.7 Å². The molecule has 0 amide bonds. The van der Waals surface area contributed by atoms with Crippen LogP contribution in [0.15, 0.2) is 12.1 Å². The largest absolute Gasteiger partial charge is 0.387 e. The van der Waals surface area contributed by atoms with Crippen molar-refractivity contribution in [1.29, 1.82) is 0 Å². The van der Waals surface area contributed by atoms with Crippen LogP contribution in [0.3, 0.4) is 0 Å². The SMILES string of the molecule is NCC(O)c1cc(F)c(F)cc1N1CCOCC1. The number of aliphatic hydroxyl groups is 1. The van der Waals surface area contributed by atoms with E-state index in [1.807, 2.05) is 4.90 Å². The van der Waals surface area contributed by atoms with Crippen molar-refractivity contribution in [3.05, 3.63) is 29.3 Å². The fourth-order valence-electron chi connectivity index (χ4n) is 2.02. The third-order valence-corrected chi connectivity index (χ3v) is 3.00. The Morgan fingerprint density at radius 1 is 1.28 bits per heavy atom. The number of hydrogen-bond acceptors (Lipinski definition) is 4. The Morgan fingerprint density at radius 2 is 1.89 bits per heavy atom. The van der Waals surface area contributed by atoms with Crippen LogP contribution in [0.4, 0.5) is 14.5 Å². The maximum atomic E-state index is 13.3. The molecule has 6 heteroatoms. The van der Waals surface area contributed by atoms with E-state index in [0.717, 1.165) is 12.1 Å². The Morgan fingerprint density at radius 3 is 2.50 bits per heavy atom. The van der Waals surface area contributed by atoms with Crippen molar-refractivity contribution in [2.45, 2.75) is 6.10 Å². The van der Waals surface area contributed by atoms with E-state index >= 15 is 0 Å². The van der Waals surface area contributed by atoms with E-state index in [1.54, 1.807) is 0 Å². The van der Waals surface area contributed by atoms with Crippen molar-refractivity contribution < 1.29 is 18.6 Å². The van der Waals surface area contributed by atoms with Crippen LogP contribution >= 0.6 is 0 Å². The Balaban J connectivity index is 2.39. The minimum atomic E-state index is -1.00. The molecule has 0 saturated carbocycles. The number of ether oxygens (including phenoxy) is 1. The van der Waals surface area contributed by atoms with E-state index in [0.29, 0.717) is 37.6 Å². The van der Waals surface area contributed by atoms with Crippen molar-refractivity contribution in [2.24, 2.45) is 5.73 Å². The molecule has 1 fully saturated rings. The van der Waals surface area contributed by atoms with Gasteiger partial charge < -0.3 is 20.5 Å². The van der Waals surface area contributed by atoms with Crippen LogP contribution in [0.25, 0.3) is 0 Å². The summed E-state index contributed by atoms with van der Waals surface area (Å²) < 4.78 is 31.8. The van der Waals surface area contributed by atoms with Gasteiger partial charge in [-0.05, 0) is 6.07 Å². The van der Waals surface area contributed by atoms with E-state index in [4.69, 9.17) is 10.5 Å². The molecule has 3 N–H and O–H groups in total. The van der Waals surface area contributed by atoms with E-state index in [2.05, 4.69) is 0 Å². The predicted molar refractivity (Wildman–Crippen MR) is 63.4 cm³/mol. The number of nitrogens with two attached hydrogens (primary N) is 1. The zero-order chi connectivity index (χ0) is 13.1. The van der Waals surface area contributed by atoms with Crippen LogP contribution in [0.1, 0.15) is 11.7 Å². The number of morpholine rings is 1. The van der Waals surface area contributed by atoms with Gasteiger partial charge in [-0.2, -0.15) is 0 Å². The highest BCUT2D eigenvalue weighted by Crippen LogP contribution is 2.29. The maximum Gasteiger partial charge on any atom is 0.160 e. The first-order valence-corrected chi connectivity index (χ1v) is 5.83. The van der Waals surface area contributed by atoms with Gasteiger partial charge in [0.05, 0.1) is 19.3 Å². The molecule has 1 aromatic carbocycles. The van der Waals surface area contributed by atoms with Crippen LogP contribution in [0.2, 0.25) is 0 Å². The first-order chi connectivity index (χ1) is 8.63. The van der Waals surface area contributed by atoms with Gasteiger partial charge in [-0.15, -0.1) is 0 Å². The van der Waals surface area contributed by atoms with Crippen LogP contribution in [0.5, 0.6) is 0 Å². The van der Waals surface area contributed by atoms with Crippen molar-refractivity contribution in [1.82, 2.24) is 0 Å². The molecule has 0 bridgehead atoms. The normalized spacial score (nSPS) is 17.9. The molecule has 1 unspecified atom stereocenters. The molecule has 0 aliphatic carbocycles. The van der Waals surface area contributed by atoms with E-state index in [-0.39, 0.29) is 6.54 Å². The number of anilines is 1. The van der Waals surface area contributed by atoms with E-state index < -0.39 is 17.7 Å². The average molecular weight is 258 g/mol. The van der Waals surface area contributed by atoms with Crippen LogP contribution in [-0.4, -0.2) is 38.0 Å². The zero-order valence-corrected chi connectivity index (χ0v) is 9.90. The molecule has 1 aromatic rings. The van der Waals surface area contributed by atoms with Gasteiger partial charge in [0.2, 0.25) is 0 Å². The summed E-state index contributed by atoms with van der Waals surface area (Å²) >= 11 is 0. The van der Waals surface area contributed by atoms with Gasteiger partial charge in [0.15, 0.2) is 11.6 Å². The van der Waals surface area contributed by atoms with Crippen LogP contribution in [-0.2, 0) is 4.74 Å².